The van der Waals surface area contributed by atoms with Crippen LogP contribution >= 0.6 is 11.3 Å². The van der Waals surface area contributed by atoms with E-state index in [0.717, 1.165) is 16.3 Å². The van der Waals surface area contributed by atoms with Gasteiger partial charge in [-0.25, -0.2) is 22.9 Å². The van der Waals surface area contributed by atoms with Crippen LogP contribution in [0.3, 0.4) is 0 Å². The van der Waals surface area contributed by atoms with Crippen molar-refractivity contribution in [1.29, 1.82) is 0 Å². The molecule has 1 aromatic carbocycles. The van der Waals surface area contributed by atoms with E-state index < -0.39 is 15.8 Å². The first-order valence-electron chi connectivity index (χ1n) is 7.71. The van der Waals surface area contributed by atoms with Gasteiger partial charge in [-0.05, 0) is 23.6 Å². The van der Waals surface area contributed by atoms with Gasteiger partial charge in [0, 0.05) is 24.7 Å². The molecule has 3 N–H and O–H groups in total. The number of imidazole rings is 1. The zero-order valence-electron chi connectivity index (χ0n) is 13.4. The van der Waals surface area contributed by atoms with Crippen LogP contribution in [0.4, 0.5) is 0 Å². The number of thiophene rings is 1. The number of sulfonamides is 1. The zero-order chi connectivity index (χ0) is 18.1. The van der Waals surface area contributed by atoms with Gasteiger partial charge in [-0.2, -0.15) is 0 Å². The molecule has 0 saturated heterocycles. The number of hydrogen-bond acceptors (Lipinski definition) is 6. The summed E-state index contributed by atoms with van der Waals surface area (Å²) in [6.07, 6.45) is 2.06. The molecule has 0 fully saturated rings. The van der Waals surface area contributed by atoms with Gasteiger partial charge in [-0.1, -0.05) is 6.07 Å². The van der Waals surface area contributed by atoms with E-state index >= 15 is 0 Å². The van der Waals surface area contributed by atoms with Crippen molar-refractivity contribution in [3.63, 3.8) is 0 Å². The predicted octanol–water partition coefficient (Wildman–Crippen LogP) is 2.09. The molecule has 10 heteroatoms. The van der Waals surface area contributed by atoms with Gasteiger partial charge >= 0.3 is 5.76 Å². The number of aromatic nitrogens is 3. The third-order valence-electron chi connectivity index (χ3n) is 3.84. The van der Waals surface area contributed by atoms with Crippen molar-refractivity contribution in [1.82, 2.24) is 19.7 Å². The van der Waals surface area contributed by atoms with Gasteiger partial charge in [0.25, 0.3) is 0 Å². The Balaban J connectivity index is 1.48. The van der Waals surface area contributed by atoms with E-state index in [0.29, 0.717) is 11.9 Å². The van der Waals surface area contributed by atoms with Gasteiger partial charge in [-0.3, -0.25) is 4.98 Å². The van der Waals surface area contributed by atoms with Crippen molar-refractivity contribution in [3.05, 3.63) is 58.3 Å². The van der Waals surface area contributed by atoms with Crippen LogP contribution in [0.5, 0.6) is 0 Å². The van der Waals surface area contributed by atoms with Crippen molar-refractivity contribution < 1.29 is 12.8 Å². The molecular formula is C16H14N4O4S2. The second-order valence-corrected chi connectivity index (χ2v) is 8.24. The summed E-state index contributed by atoms with van der Waals surface area (Å²) >= 11 is 1.57. The van der Waals surface area contributed by atoms with E-state index in [-0.39, 0.29) is 17.0 Å². The van der Waals surface area contributed by atoms with Crippen molar-refractivity contribution in [3.8, 4) is 10.6 Å². The first kappa shape index (κ1) is 16.8. The first-order valence-corrected chi connectivity index (χ1v) is 10.1. The maximum Gasteiger partial charge on any atom is 0.417 e. The van der Waals surface area contributed by atoms with Gasteiger partial charge in [-0.15, -0.1) is 11.3 Å². The lowest BCUT2D eigenvalue weighted by Gasteiger charge is -2.07. The summed E-state index contributed by atoms with van der Waals surface area (Å²) in [7, 11) is -3.72. The third-order valence-corrected chi connectivity index (χ3v) is 6.18. The van der Waals surface area contributed by atoms with Gasteiger partial charge in [0.05, 0.1) is 21.6 Å². The van der Waals surface area contributed by atoms with Gasteiger partial charge < -0.3 is 9.40 Å². The number of hydrogen-bond donors (Lipinski definition) is 3. The smallest absolute Gasteiger partial charge is 0.408 e. The lowest BCUT2D eigenvalue weighted by atomic mass is 10.2. The Hall–Kier alpha value is -2.69. The highest BCUT2D eigenvalue weighted by molar-refractivity contribution is 7.89. The minimum absolute atomic E-state index is 0.0378. The molecule has 4 rings (SSSR count). The number of nitrogens with one attached hydrogen (secondary N) is 3. The largest absolute Gasteiger partial charge is 0.417 e. The summed E-state index contributed by atoms with van der Waals surface area (Å²) in [5.41, 5.74) is 2.34. The van der Waals surface area contributed by atoms with Crippen molar-refractivity contribution in [2.45, 2.75) is 11.3 Å². The SMILES string of the molecule is O=c1[nH]c2ccc(S(=O)(=O)NCCc3[nH]cnc3-c3cccs3)cc2o1. The number of benzene rings is 1. The molecule has 0 aliphatic rings. The molecule has 3 aromatic heterocycles. The Kier molecular flexibility index (Phi) is 4.23. The van der Waals surface area contributed by atoms with Crippen LogP contribution < -0.4 is 10.5 Å². The molecule has 134 valence electrons. The molecule has 8 nitrogen and oxygen atoms in total. The summed E-state index contributed by atoms with van der Waals surface area (Å²) in [6, 6.07) is 8.15. The molecule has 26 heavy (non-hydrogen) atoms. The van der Waals surface area contributed by atoms with Crippen LogP contribution in [-0.2, 0) is 16.4 Å². The van der Waals surface area contributed by atoms with Crippen LogP contribution in [-0.4, -0.2) is 29.9 Å². The van der Waals surface area contributed by atoms with E-state index in [9.17, 15) is 13.2 Å². The topological polar surface area (TPSA) is 121 Å². The lowest BCUT2D eigenvalue weighted by molar-refractivity contribution is 0.553. The molecule has 0 aliphatic carbocycles. The molecule has 0 amide bonds. The van der Waals surface area contributed by atoms with Gasteiger partial charge in [0.15, 0.2) is 5.58 Å². The van der Waals surface area contributed by atoms with E-state index in [2.05, 4.69) is 19.7 Å². The van der Waals surface area contributed by atoms with Crippen LogP contribution in [0, 0.1) is 0 Å². The fraction of sp³-hybridized carbons (Fsp3) is 0.125. The number of rotatable bonds is 6. The number of H-pyrrole nitrogens is 2. The normalized spacial score (nSPS) is 12.0. The zero-order valence-corrected chi connectivity index (χ0v) is 15.0. The molecule has 0 saturated carbocycles. The fourth-order valence-electron chi connectivity index (χ4n) is 2.62. The van der Waals surface area contributed by atoms with Crippen LogP contribution in [0.2, 0.25) is 0 Å². The number of fused-ring (bicyclic) bond motifs is 1. The molecule has 0 atom stereocenters. The Bertz CT molecular complexity index is 1200. The Morgan fingerprint density at radius 2 is 2.15 bits per heavy atom. The Morgan fingerprint density at radius 3 is 2.96 bits per heavy atom. The Labute approximate surface area is 152 Å². The first-order chi connectivity index (χ1) is 12.5. The number of aromatic amines is 2. The second kappa shape index (κ2) is 6.56. The molecule has 3 heterocycles. The molecule has 0 aliphatic heterocycles. The summed E-state index contributed by atoms with van der Waals surface area (Å²) in [5.74, 6) is -0.622. The van der Waals surface area contributed by atoms with E-state index in [1.54, 1.807) is 17.7 Å². The second-order valence-electron chi connectivity index (χ2n) is 5.53. The highest BCUT2D eigenvalue weighted by Crippen LogP contribution is 2.25. The van der Waals surface area contributed by atoms with E-state index in [1.807, 2.05) is 17.5 Å². The minimum Gasteiger partial charge on any atom is -0.408 e. The van der Waals surface area contributed by atoms with Gasteiger partial charge in [0.1, 0.15) is 5.69 Å². The van der Waals surface area contributed by atoms with Crippen molar-refractivity contribution in [2.24, 2.45) is 0 Å². The predicted molar refractivity (Wildman–Crippen MR) is 97.6 cm³/mol. The fourth-order valence-corrected chi connectivity index (χ4v) is 4.42. The van der Waals surface area contributed by atoms with Crippen LogP contribution in [0.1, 0.15) is 5.69 Å². The molecular weight excluding hydrogens is 376 g/mol. The van der Waals surface area contributed by atoms with Crippen molar-refractivity contribution >= 4 is 32.5 Å². The lowest BCUT2D eigenvalue weighted by Crippen LogP contribution is -2.26. The van der Waals surface area contributed by atoms with Crippen LogP contribution in [0.15, 0.2) is 56.1 Å². The summed E-state index contributed by atoms with van der Waals surface area (Å²) in [4.78, 5) is 22.1. The highest BCUT2D eigenvalue weighted by atomic mass is 32.2. The van der Waals surface area contributed by atoms with E-state index in [4.69, 9.17) is 4.42 Å². The number of oxazole rings is 1. The van der Waals surface area contributed by atoms with Crippen LogP contribution in [0.25, 0.3) is 21.7 Å². The van der Waals surface area contributed by atoms with E-state index in [1.165, 1.54) is 18.2 Å². The quantitative estimate of drug-likeness (QED) is 0.465. The molecule has 0 bridgehead atoms. The standard InChI is InChI=1S/C16H14N4O4S2/c21-16-20-11-4-3-10(8-13(11)24-16)26(22,23)19-6-5-12-15(18-9-17-12)14-2-1-7-25-14/h1-4,7-9,19H,5-6H2,(H,17,18)(H,20,21). The monoisotopic (exact) mass is 390 g/mol. The molecule has 0 radical (unpaired) electrons. The number of nitrogens with zero attached hydrogens (tertiary/aromatic N) is 1. The van der Waals surface area contributed by atoms with Gasteiger partial charge in [0.2, 0.25) is 10.0 Å². The average molecular weight is 390 g/mol. The Morgan fingerprint density at radius 1 is 1.27 bits per heavy atom. The third kappa shape index (κ3) is 3.21. The molecule has 0 spiro atoms. The maximum atomic E-state index is 12.5. The maximum absolute atomic E-state index is 12.5. The average Bonchev–Trinajstić information content (AvgIpc) is 3.33. The highest BCUT2D eigenvalue weighted by Gasteiger charge is 2.16. The molecule has 0 unspecified atom stereocenters. The summed E-state index contributed by atoms with van der Waals surface area (Å²) in [6.45, 7) is 0.206. The minimum atomic E-state index is -3.72. The summed E-state index contributed by atoms with van der Waals surface area (Å²) < 4.78 is 32.4. The molecule has 4 aromatic rings. The van der Waals surface area contributed by atoms with Crippen molar-refractivity contribution in [2.75, 3.05) is 6.54 Å². The summed E-state index contributed by atoms with van der Waals surface area (Å²) in [5, 5.41) is 1.96.